The van der Waals surface area contributed by atoms with Gasteiger partial charge in [0.05, 0.1) is 5.60 Å². The third-order valence-corrected chi connectivity index (χ3v) is 6.69. The molecule has 3 aliphatic rings. The van der Waals surface area contributed by atoms with Crippen molar-refractivity contribution in [1.82, 2.24) is 0 Å². The number of rotatable bonds is 0. The first kappa shape index (κ1) is 11.1. The molecule has 0 heterocycles. The van der Waals surface area contributed by atoms with Gasteiger partial charge in [0.1, 0.15) is 0 Å². The SMILES string of the molecule is CC1(C)C[C@]23[C@H]1CC[C@@]2(C)CCC[C@]3(C)O. The Morgan fingerprint density at radius 1 is 1.00 bits per heavy atom. The van der Waals surface area contributed by atoms with E-state index in [-0.39, 0.29) is 5.41 Å². The standard InChI is InChI=1S/C15H26O/c1-12(2)10-15-11(12)6-9-13(15,3)7-5-8-14(15,4)16/h11,16H,5-10H2,1-4H3/t11-,13+,14-,15-/m0/s1. The smallest absolute Gasteiger partial charge is 0.0684 e. The van der Waals surface area contributed by atoms with E-state index in [1.807, 2.05) is 0 Å². The molecule has 0 amide bonds. The molecule has 1 N–H and O–H groups in total. The van der Waals surface area contributed by atoms with Crippen LogP contribution in [-0.2, 0) is 0 Å². The molecule has 0 aromatic carbocycles. The molecule has 3 fully saturated rings. The highest BCUT2D eigenvalue weighted by molar-refractivity contribution is 5.24. The normalized spacial score (nSPS) is 58.7. The molecular weight excluding hydrogens is 196 g/mol. The zero-order valence-corrected chi connectivity index (χ0v) is 11.3. The van der Waals surface area contributed by atoms with Crippen LogP contribution in [0, 0.1) is 22.2 Å². The maximum atomic E-state index is 10.9. The highest BCUT2D eigenvalue weighted by Crippen LogP contribution is 2.79. The summed E-state index contributed by atoms with van der Waals surface area (Å²) in [6.07, 6.45) is 7.52. The van der Waals surface area contributed by atoms with E-state index >= 15 is 0 Å². The second-order valence-electron chi connectivity index (χ2n) is 7.92. The first-order valence-corrected chi connectivity index (χ1v) is 6.98. The lowest BCUT2D eigenvalue weighted by atomic mass is 9.35. The van der Waals surface area contributed by atoms with Crippen molar-refractivity contribution >= 4 is 0 Å². The van der Waals surface area contributed by atoms with Gasteiger partial charge in [0.2, 0.25) is 0 Å². The quantitative estimate of drug-likeness (QED) is 0.662. The van der Waals surface area contributed by atoms with E-state index in [0.717, 1.165) is 12.3 Å². The van der Waals surface area contributed by atoms with E-state index in [0.29, 0.717) is 10.8 Å². The first-order chi connectivity index (χ1) is 7.25. The van der Waals surface area contributed by atoms with Gasteiger partial charge in [-0.15, -0.1) is 0 Å². The molecular formula is C15H26O. The molecule has 3 saturated carbocycles. The molecule has 0 radical (unpaired) electrons. The molecule has 92 valence electrons. The number of hydrogen-bond acceptors (Lipinski definition) is 1. The Hall–Kier alpha value is -0.0400. The Morgan fingerprint density at radius 2 is 1.69 bits per heavy atom. The van der Waals surface area contributed by atoms with E-state index in [1.165, 1.54) is 32.1 Å². The van der Waals surface area contributed by atoms with Crippen molar-refractivity contribution in [1.29, 1.82) is 0 Å². The van der Waals surface area contributed by atoms with E-state index < -0.39 is 5.60 Å². The Kier molecular flexibility index (Phi) is 1.86. The fourth-order valence-corrected chi connectivity index (χ4v) is 6.07. The molecule has 1 spiro atoms. The minimum absolute atomic E-state index is 0.252. The lowest BCUT2D eigenvalue weighted by Crippen LogP contribution is -2.68. The van der Waals surface area contributed by atoms with Gasteiger partial charge in [-0.1, -0.05) is 27.2 Å². The van der Waals surface area contributed by atoms with Crippen LogP contribution in [0.5, 0.6) is 0 Å². The van der Waals surface area contributed by atoms with E-state index in [1.54, 1.807) is 0 Å². The molecule has 0 aromatic heterocycles. The largest absolute Gasteiger partial charge is 0.390 e. The Labute approximate surface area is 99.6 Å². The van der Waals surface area contributed by atoms with Crippen LogP contribution in [0.4, 0.5) is 0 Å². The summed E-state index contributed by atoms with van der Waals surface area (Å²) in [5.41, 5.74) is 0.743. The lowest BCUT2D eigenvalue weighted by molar-refractivity contribution is -0.267. The van der Waals surface area contributed by atoms with Gasteiger partial charge in [-0.2, -0.15) is 0 Å². The average molecular weight is 222 g/mol. The summed E-state index contributed by atoms with van der Waals surface area (Å²) in [5, 5.41) is 10.9. The van der Waals surface area contributed by atoms with Gasteiger partial charge in [0.15, 0.2) is 0 Å². The van der Waals surface area contributed by atoms with Crippen LogP contribution in [0.1, 0.15) is 66.2 Å². The minimum atomic E-state index is -0.406. The number of hydrogen-bond donors (Lipinski definition) is 1. The monoisotopic (exact) mass is 222 g/mol. The minimum Gasteiger partial charge on any atom is -0.390 e. The summed E-state index contributed by atoms with van der Waals surface area (Å²) in [4.78, 5) is 0. The molecule has 16 heavy (non-hydrogen) atoms. The van der Waals surface area contributed by atoms with Crippen LogP contribution < -0.4 is 0 Å². The molecule has 3 aliphatic carbocycles. The van der Waals surface area contributed by atoms with Crippen molar-refractivity contribution in [3.63, 3.8) is 0 Å². The van der Waals surface area contributed by atoms with Crippen molar-refractivity contribution in [3.8, 4) is 0 Å². The van der Waals surface area contributed by atoms with Crippen molar-refractivity contribution in [3.05, 3.63) is 0 Å². The number of aliphatic hydroxyl groups is 1. The van der Waals surface area contributed by atoms with Crippen molar-refractivity contribution in [2.24, 2.45) is 22.2 Å². The third kappa shape index (κ3) is 0.939. The molecule has 0 saturated heterocycles. The van der Waals surface area contributed by atoms with Gasteiger partial charge >= 0.3 is 0 Å². The summed E-state index contributed by atoms with van der Waals surface area (Å²) in [6, 6.07) is 0. The molecule has 0 bridgehead atoms. The van der Waals surface area contributed by atoms with Gasteiger partial charge in [-0.25, -0.2) is 0 Å². The molecule has 4 atom stereocenters. The molecule has 1 heteroatoms. The summed E-state index contributed by atoms with van der Waals surface area (Å²) in [5.74, 6) is 0.764. The lowest BCUT2D eigenvalue weighted by Gasteiger charge is -2.70. The van der Waals surface area contributed by atoms with E-state index in [9.17, 15) is 5.11 Å². The van der Waals surface area contributed by atoms with Crippen molar-refractivity contribution < 1.29 is 5.11 Å². The summed E-state index contributed by atoms with van der Waals surface area (Å²) in [6.45, 7) is 9.38. The molecule has 3 rings (SSSR count). The zero-order valence-electron chi connectivity index (χ0n) is 11.3. The fourth-order valence-electron chi connectivity index (χ4n) is 6.07. The summed E-state index contributed by atoms with van der Waals surface area (Å²) >= 11 is 0. The highest BCUT2D eigenvalue weighted by atomic mass is 16.3. The van der Waals surface area contributed by atoms with Crippen LogP contribution in [0.25, 0.3) is 0 Å². The second-order valence-corrected chi connectivity index (χ2v) is 7.92. The van der Waals surface area contributed by atoms with Gasteiger partial charge in [0, 0.05) is 5.41 Å². The second kappa shape index (κ2) is 2.68. The van der Waals surface area contributed by atoms with Gasteiger partial charge in [-0.05, 0) is 55.8 Å². The van der Waals surface area contributed by atoms with E-state index in [4.69, 9.17) is 0 Å². The predicted octanol–water partition coefficient (Wildman–Crippen LogP) is 3.75. The summed E-state index contributed by atoms with van der Waals surface area (Å²) < 4.78 is 0. The van der Waals surface area contributed by atoms with E-state index in [2.05, 4.69) is 27.7 Å². The molecule has 0 aromatic rings. The van der Waals surface area contributed by atoms with Gasteiger partial charge in [0.25, 0.3) is 0 Å². The average Bonchev–Trinajstić information content (AvgIpc) is 2.36. The Morgan fingerprint density at radius 3 is 2.31 bits per heavy atom. The maximum absolute atomic E-state index is 10.9. The van der Waals surface area contributed by atoms with Gasteiger partial charge in [-0.3, -0.25) is 0 Å². The van der Waals surface area contributed by atoms with Crippen LogP contribution in [-0.4, -0.2) is 10.7 Å². The summed E-state index contributed by atoms with van der Waals surface area (Å²) in [7, 11) is 0. The topological polar surface area (TPSA) is 20.2 Å². The zero-order chi connectivity index (χ0) is 11.8. The Bertz CT molecular complexity index is 330. The van der Waals surface area contributed by atoms with Crippen molar-refractivity contribution in [2.45, 2.75) is 71.8 Å². The fraction of sp³-hybridized carbons (Fsp3) is 1.00. The first-order valence-electron chi connectivity index (χ1n) is 6.98. The molecule has 0 unspecified atom stereocenters. The molecule has 1 nitrogen and oxygen atoms in total. The highest BCUT2D eigenvalue weighted by Gasteiger charge is 2.75. The third-order valence-electron chi connectivity index (χ3n) is 6.69. The van der Waals surface area contributed by atoms with Crippen molar-refractivity contribution in [2.75, 3.05) is 0 Å². The molecule has 0 aliphatic heterocycles. The van der Waals surface area contributed by atoms with Crippen LogP contribution in [0.15, 0.2) is 0 Å². The van der Waals surface area contributed by atoms with Gasteiger partial charge < -0.3 is 5.11 Å². The van der Waals surface area contributed by atoms with Crippen LogP contribution >= 0.6 is 0 Å². The predicted molar refractivity (Wildman–Crippen MR) is 66.1 cm³/mol. The van der Waals surface area contributed by atoms with Crippen LogP contribution in [0.3, 0.4) is 0 Å². The van der Waals surface area contributed by atoms with Crippen LogP contribution in [0.2, 0.25) is 0 Å². The maximum Gasteiger partial charge on any atom is 0.0684 e. The Balaban J connectivity index is 2.08.